The summed E-state index contributed by atoms with van der Waals surface area (Å²) in [5, 5.41) is 8.16. The van der Waals surface area contributed by atoms with Crippen LogP contribution >= 0.6 is 31.9 Å². The van der Waals surface area contributed by atoms with E-state index in [0.29, 0.717) is 0 Å². The van der Waals surface area contributed by atoms with Crippen LogP contribution in [0.25, 0.3) is 0 Å². The quantitative estimate of drug-likeness (QED) is 0.580. The molecule has 0 unspecified atom stereocenters. The van der Waals surface area contributed by atoms with E-state index in [-0.39, 0.29) is 0 Å². The van der Waals surface area contributed by atoms with Gasteiger partial charge in [-0.15, -0.1) is 13.2 Å². The zero-order valence-electron chi connectivity index (χ0n) is 5.03. The largest absolute Gasteiger partial charge is 0.480 e. The minimum absolute atomic E-state index is 0.924. The predicted molar refractivity (Wildman–Crippen MR) is 45.1 cm³/mol. The lowest BCUT2D eigenvalue weighted by atomic mass is 10.5. The highest BCUT2D eigenvalue weighted by Gasteiger charge is 2.24. The SMILES string of the molecule is C=C.CC(Br)(Br)C(=O)O. The van der Waals surface area contributed by atoms with E-state index in [1.165, 1.54) is 6.92 Å². The van der Waals surface area contributed by atoms with Crippen molar-refractivity contribution in [3.8, 4) is 0 Å². The lowest BCUT2D eigenvalue weighted by Gasteiger charge is -2.03. The zero-order chi connectivity index (χ0) is 8.08. The van der Waals surface area contributed by atoms with Crippen LogP contribution in [0.3, 0.4) is 0 Å². The third-order valence-electron chi connectivity index (χ3n) is 0.376. The van der Waals surface area contributed by atoms with Gasteiger partial charge in [-0.3, -0.25) is 0 Å². The molecule has 0 aliphatic carbocycles. The summed E-state index contributed by atoms with van der Waals surface area (Å²) in [5.41, 5.74) is 0. The molecule has 0 amide bonds. The second-order valence-corrected chi connectivity index (χ2v) is 5.43. The first-order chi connectivity index (χ1) is 3.94. The van der Waals surface area contributed by atoms with Crippen LogP contribution in [0, 0.1) is 0 Å². The fraction of sp³-hybridized carbons (Fsp3) is 0.400. The molecule has 0 aromatic rings. The summed E-state index contributed by atoms with van der Waals surface area (Å²) in [6.45, 7) is 7.50. The topological polar surface area (TPSA) is 37.3 Å². The van der Waals surface area contributed by atoms with Crippen LogP contribution in [0.2, 0.25) is 0 Å². The van der Waals surface area contributed by atoms with E-state index in [2.05, 4.69) is 45.0 Å². The molecule has 0 atom stereocenters. The van der Waals surface area contributed by atoms with Gasteiger partial charge in [-0.2, -0.15) is 0 Å². The highest BCUT2D eigenvalue weighted by molar-refractivity contribution is 9.25. The highest BCUT2D eigenvalue weighted by atomic mass is 79.9. The van der Waals surface area contributed by atoms with Crippen molar-refractivity contribution >= 4 is 37.8 Å². The van der Waals surface area contributed by atoms with Crippen LogP contribution in [0.5, 0.6) is 0 Å². The summed E-state index contributed by atoms with van der Waals surface area (Å²) >= 11 is 5.72. The first-order valence-electron chi connectivity index (χ1n) is 2.06. The van der Waals surface area contributed by atoms with Crippen LogP contribution < -0.4 is 0 Å². The van der Waals surface area contributed by atoms with Crippen molar-refractivity contribution in [3.05, 3.63) is 13.2 Å². The number of halogens is 2. The minimum Gasteiger partial charge on any atom is -0.480 e. The molecule has 4 heteroatoms. The summed E-state index contributed by atoms with van der Waals surface area (Å²) in [5.74, 6) is -0.924. The number of rotatable bonds is 1. The third-order valence-corrected chi connectivity index (χ3v) is 1.05. The molecule has 0 rings (SSSR count). The Bertz CT molecular complexity index is 95.6. The number of aliphatic carboxylic acids is 1. The second kappa shape index (κ2) is 4.99. The van der Waals surface area contributed by atoms with Crippen molar-refractivity contribution in [2.45, 2.75) is 10.2 Å². The van der Waals surface area contributed by atoms with E-state index in [4.69, 9.17) is 5.11 Å². The first kappa shape index (κ1) is 11.9. The summed E-state index contributed by atoms with van der Waals surface area (Å²) in [6.07, 6.45) is 0. The van der Waals surface area contributed by atoms with Crippen LogP contribution in [0.1, 0.15) is 6.92 Å². The number of carbonyl (C=O) groups is 1. The lowest BCUT2D eigenvalue weighted by molar-refractivity contribution is -0.136. The molecule has 0 aliphatic heterocycles. The van der Waals surface area contributed by atoms with Crippen LogP contribution in [-0.4, -0.2) is 14.3 Å². The van der Waals surface area contributed by atoms with E-state index in [9.17, 15) is 4.79 Å². The van der Waals surface area contributed by atoms with Gasteiger partial charge in [0.15, 0.2) is 3.23 Å². The lowest BCUT2D eigenvalue weighted by Crippen LogP contribution is -2.18. The molecule has 1 N–H and O–H groups in total. The molecule has 0 aromatic carbocycles. The Balaban J connectivity index is 0. The maximum atomic E-state index is 9.93. The van der Waals surface area contributed by atoms with Gasteiger partial charge < -0.3 is 5.11 Å². The molecule has 0 saturated heterocycles. The smallest absolute Gasteiger partial charge is 0.331 e. The van der Waals surface area contributed by atoms with Gasteiger partial charge in [-0.25, -0.2) is 4.79 Å². The average Bonchev–Trinajstić information content (AvgIpc) is 1.69. The Morgan fingerprint density at radius 3 is 1.67 bits per heavy atom. The number of hydrogen-bond acceptors (Lipinski definition) is 1. The molecular weight excluding hydrogens is 252 g/mol. The molecule has 0 aliphatic rings. The van der Waals surface area contributed by atoms with Crippen LogP contribution in [-0.2, 0) is 4.79 Å². The molecule has 0 radical (unpaired) electrons. The summed E-state index contributed by atoms with van der Waals surface area (Å²) in [7, 11) is 0. The minimum atomic E-state index is -0.958. The van der Waals surface area contributed by atoms with Gasteiger partial charge in [-0.05, 0) is 6.92 Å². The molecule has 0 saturated carbocycles. The van der Waals surface area contributed by atoms with Gasteiger partial charge in [0.25, 0.3) is 0 Å². The van der Waals surface area contributed by atoms with E-state index in [1.807, 2.05) is 0 Å². The van der Waals surface area contributed by atoms with Crippen molar-refractivity contribution in [3.63, 3.8) is 0 Å². The summed E-state index contributed by atoms with van der Waals surface area (Å²) in [4.78, 5) is 9.93. The Morgan fingerprint density at radius 2 is 1.67 bits per heavy atom. The number of alkyl halides is 2. The number of carboxylic acid groups (broad SMARTS) is 1. The van der Waals surface area contributed by atoms with Crippen molar-refractivity contribution in [2.24, 2.45) is 0 Å². The van der Waals surface area contributed by atoms with Crippen molar-refractivity contribution in [1.29, 1.82) is 0 Å². The van der Waals surface area contributed by atoms with Crippen LogP contribution in [0.4, 0.5) is 0 Å². The van der Waals surface area contributed by atoms with Gasteiger partial charge in [-0.1, -0.05) is 31.9 Å². The van der Waals surface area contributed by atoms with Crippen molar-refractivity contribution < 1.29 is 9.90 Å². The van der Waals surface area contributed by atoms with E-state index >= 15 is 0 Å². The fourth-order valence-electron chi connectivity index (χ4n) is 0. The van der Waals surface area contributed by atoms with E-state index in [1.54, 1.807) is 0 Å². The standard InChI is InChI=1S/C3H4Br2O2.C2H4/c1-3(4,5)2(6)7;1-2/h1H3,(H,6,7);1-2H2. The van der Waals surface area contributed by atoms with Gasteiger partial charge in [0, 0.05) is 0 Å². The molecule has 9 heavy (non-hydrogen) atoms. The summed E-state index contributed by atoms with van der Waals surface area (Å²) in [6, 6.07) is 0. The Hall–Kier alpha value is 0.170. The first-order valence-corrected chi connectivity index (χ1v) is 3.64. The molecule has 0 fully saturated rings. The molecular formula is C5H8Br2O2. The Morgan fingerprint density at radius 1 is 1.56 bits per heavy atom. The molecule has 2 nitrogen and oxygen atoms in total. The Kier molecular flexibility index (Phi) is 6.61. The van der Waals surface area contributed by atoms with E-state index < -0.39 is 9.20 Å². The van der Waals surface area contributed by atoms with Crippen molar-refractivity contribution in [1.82, 2.24) is 0 Å². The molecule has 0 heterocycles. The summed E-state index contributed by atoms with van der Waals surface area (Å²) < 4.78 is -0.958. The molecule has 0 spiro atoms. The number of carboxylic acids is 1. The Labute approximate surface area is 71.2 Å². The number of hydrogen-bond donors (Lipinski definition) is 1. The highest BCUT2D eigenvalue weighted by Crippen LogP contribution is 2.24. The van der Waals surface area contributed by atoms with Gasteiger partial charge in [0.1, 0.15) is 0 Å². The van der Waals surface area contributed by atoms with Gasteiger partial charge in [0.2, 0.25) is 0 Å². The third kappa shape index (κ3) is 8.17. The van der Waals surface area contributed by atoms with Gasteiger partial charge in [0.05, 0.1) is 0 Å². The maximum Gasteiger partial charge on any atom is 0.331 e. The van der Waals surface area contributed by atoms with Crippen molar-refractivity contribution in [2.75, 3.05) is 0 Å². The molecule has 54 valence electrons. The predicted octanol–water partition coefficient (Wildman–Crippen LogP) is 2.38. The average molecular weight is 260 g/mol. The second-order valence-electron chi connectivity index (χ2n) is 1.19. The van der Waals surface area contributed by atoms with Gasteiger partial charge >= 0.3 is 5.97 Å². The normalized spacial score (nSPS) is 9.22. The monoisotopic (exact) mass is 258 g/mol. The molecule has 0 bridgehead atoms. The van der Waals surface area contributed by atoms with Crippen LogP contribution in [0.15, 0.2) is 13.2 Å². The fourth-order valence-corrected chi connectivity index (χ4v) is 0. The maximum absolute atomic E-state index is 9.93. The van der Waals surface area contributed by atoms with E-state index in [0.717, 1.165) is 0 Å². The molecule has 0 aromatic heterocycles. The zero-order valence-corrected chi connectivity index (χ0v) is 8.20.